The first-order valence-electron chi connectivity index (χ1n) is 18.7. The van der Waals surface area contributed by atoms with Crippen LogP contribution < -0.4 is 20.1 Å². The Morgan fingerprint density at radius 1 is 0.873 bits per heavy atom. The highest BCUT2D eigenvalue weighted by Gasteiger charge is 2.32. The third-order valence-electron chi connectivity index (χ3n) is 9.78. The van der Waals surface area contributed by atoms with E-state index in [4.69, 9.17) is 14.2 Å². The number of rotatable bonds is 14. The summed E-state index contributed by atoms with van der Waals surface area (Å²) in [5, 5.41) is 5.77. The van der Waals surface area contributed by atoms with Gasteiger partial charge in [-0.2, -0.15) is 0 Å². The molecule has 2 aliphatic heterocycles. The molecule has 4 heterocycles. The molecule has 0 spiro atoms. The SMILES string of the molecule is COc1cc2c(cc1OCCCC(=O)Nc1cc(C(=O)Nc3ccc(-c4cc(C(=O)OCCCC(C)(C)C)n(C)c4)cc3)n(C)c1)N=CC1CCCN1C2=O. The molecular formula is C42H50N6O7. The van der Waals surface area contributed by atoms with Crippen molar-refractivity contribution >= 4 is 47.0 Å². The van der Waals surface area contributed by atoms with Gasteiger partial charge in [0.25, 0.3) is 11.8 Å². The van der Waals surface area contributed by atoms with Crippen molar-refractivity contribution in [1.82, 2.24) is 14.0 Å². The van der Waals surface area contributed by atoms with E-state index in [0.717, 1.165) is 36.8 Å². The molecule has 1 saturated heterocycles. The van der Waals surface area contributed by atoms with E-state index < -0.39 is 0 Å². The minimum atomic E-state index is -0.354. The lowest BCUT2D eigenvalue weighted by Gasteiger charge is -2.20. The van der Waals surface area contributed by atoms with Crippen molar-refractivity contribution < 1.29 is 33.4 Å². The first-order valence-corrected chi connectivity index (χ1v) is 18.7. The molecule has 0 radical (unpaired) electrons. The van der Waals surface area contributed by atoms with Crippen molar-refractivity contribution in [2.24, 2.45) is 24.5 Å². The number of aryl methyl sites for hydroxylation is 2. The van der Waals surface area contributed by atoms with Gasteiger partial charge in [-0.1, -0.05) is 32.9 Å². The Bertz CT molecular complexity index is 2090. The number of fused-ring (bicyclic) bond motifs is 2. The van der Waals surface area contributed by atoms with Crippen LogP contribution in [0.15, 0.2) is 65.9 Å². The number of hydrogen-bond acceptors (Lipinski definition) is 8. The van der Waals surface area contributed by atoms with Gasteiger partial charge < -0.3 is 38.9 Å². The van der Waals surface area contributed by atoms with Crippen LogP contribution in [-0.2, 0) is 23.6 Å². The number of anilines is 2. The van der Waals surface area contributed by atoms with Gasteiger partial charge in [0.15, 0.2) is 11.5 Å². The van der Waals surface area contributed by atoms with Gasteiger partial charge in [0.05, 0.1) is 43.3 Å². The van der Waals surface area contributed by atoms with Gasteiger partial charge >= 0.3 is 5.97 Å². The lowest BCUT2D eigenvalue weighted by atomic mass is 9.91. The number of methoxy groups -OCH3 is 1. The molecule has 1 fully saturated rings. The molecule has 2 N–H and O–H groups in total. The highest BCUT2D eigenvalue weighted by molar-refractivity contribution is 6.05. The molecule has 13 nitrogen and oxygen atoms in total. The van der Waals surface area contributed by atoms with Crippen molar-refractivity contribution in [1.29, 1.82) is 0 Å². The monoisotopic (exact) mass is 750 g/mol. The molecule has 1 unspecified atom stereocenters. The third-order valence-corrected chi connectivity index (χ3v) is 9.78. The number of benzene rings is 2. The number of ether oxygens (including phenoxy) is 3. The standard InChI is InChI=1S/C42H50N6O7/c1-42(2,3)16-9-19-55-41(52)35-20-28(25-46(35)4)27-12-14-29(15-13-27)45-39(50)34-21-30(26-47(34)5)44-38(49)11-8-18-54-37-23-33-32(22-36(37)53-6)40(51)48-17-7-10-31(48)24-43-33/h12-15,20-26,31H,7-11,16-19H2,1-6H3,(H,44,49)(H,45,50). The number of aromatic nitrogens is 2. The molecule has 0 saturated carbocycles. The van der Waals surface area contributed by atoms with Crippen molar-refractivity contribution in [3.63, 3.8) is 0 Å². The van der Waals surface area contributed by atoms with Crippen molar-refractivity contribution in [2.75, 3.05) is 37.5 Å². The summed E-state index contributed by atoms with van der Waals surface area (Å²) >= 11 is 0. The fourth-order valence-electron chi connectivity index (χ4n) is 6.83. The van der Waals surface area contributed by atoms with Gasteiger partial charge in [0, 0.05) is 63.0 Å². The molecule has 13 heteroatoms. The molecule has 4 aromatic rings. The molecule has 0 aliphatic carbocycles. The van der Waals surface area contributed by atoms with Crippen LogP contribution in [0.1, 0.15) is 90.6 Å². The van der Waals surface area contributed by atoms with Crippen LogP contribution in [0.3, 0.4) is 0 Å². The Hall–Kier alpha value is -5.85. The van der Waals surface area contributed by atoms with Gasteiger partial charge in [-0.05, 0) is 73.4 Å². The van der Waals surface area contributed by atoms with Crippen LogP contribution in [0.2, 0.25) is 0 Å². The molecule has 2 aliphatic rings. The zero-order chi connectivity index (χ0) is 39.3. The number of carbonyl (C=O) groups excluding carboxylic acids is 4. The van der Waals surface area contributed by atoms with E-state index in [1.54, 1.807) is 58.8 Å². The molecule has 55 heavy (non-hydrogen) atoms. The lowest BCUT2D eigenvalue weighted by Crippen LogP contribution is -2.35. The first-order chi connectivity index (χ1) is 26.3. The number of aliphatic imine (C=N–C) groups is 1. The largest absolute Gasteiger partial charge is 0.493 e. The number of nitrogens with one attached hydrogen (secondary N) is 2. The summed E-state index contributed by atoms with van der Waals surface area (Å²) < 4.78 is 20.4. The normalized spacial score (nSPS) is 14.9. The van der Waals surface area contributed by atoms with Crippen LogP contribution in [0, 0.1) is 5.41 Å². The number of amides is 3. The first kappa shape index (κ1) is 38.9. The van der Waals surface area contributed by atoms with Gasteiger partial charge in [0.2, 0.25) is 5.91 Å². The Morgan fingerprint density at radius 3 is 2.38 bits per heavy atom. The molecule has 2 aromatic carbocycles. The Morgan fingerprint density at radius 2 is 1.64 bits per heavy atom. The predicted molar refractivity (Wildman–Crippen MR) is 212 cm³/mol. The fraction of sp³-hybridized carbons (Fsp3) is 0.405. The summed E-state index contributed by atoms with van der Waals surface area (Å²) in [6.45, 7) is 7.82. The topological polar surface area (TPSA) is 145 Å². The zero-order valence-corrected chi connectivity index (χ0v) is 32.4. The van der Waals surface area contributed by atoms with E-state index in [9.17, 15) is 19.2 Å². The van der Waals surface area contributed by atoms with Gasteiger partial charge in [0.1, 0.15) is 11.4 Å². The molecular weight excluding hydrogens is 700 g/mol. The maximum atomic E-state index is 13.2. The Labute approximate surface area is 321 Å². The van der Waals surface area contributed by atoms with Crippen LogP contribution in [-0.4, -0.2) is 76.8 Å². The van der Waals surface area contributed by atoms with Crippen LogP contribution >= 0.6 is 0 Å². The molecule has 290 valence electrons. The lowest BCUT2D eigenvalue weighted by molar-refractivity contribution is -0.116. The molecule has 6 rings (SSSR count). The molecule has 0 bridgehead atoms. The molecule has 2 aromatic heterocycles. The summed E-state index contributed by atoms with van der Waals surface area (Å²) in [4.78, 5) is 58.2. The summed E-state index contributed by atoms with van der Waals surface area (Å²) in [5.41, 5.74) is 4.90. The van der Waals surface area contributed by atoms with Crippen molar-refractivity contribution in [3.05, 3.63) is 77.9 Å². The minimum Gasteiger partial charge on any atom is -0.493 e. The summed E-state index contributed by atoms with van der Waals surface area (Å²) in [5.74, 6) is -0.0838. The smallest absolute Gasteiger partial charge is 0.354 e. The number of hydrogen-bond donors (Lipinski definition) is 2. The number of esters is 1. The summed E-state index contributed by atoms with van der Waals surface area (Å²) in [6, 6.07) is 14.2. The van der Waals surface area contributed by atoms with E-state index >= 15 is 0 Å². The highest BCUT2D eigenvalue weighted by Crippen LogP contribution is 2.38. The van der Waals surface area contributed by atoms with Gasteiger partial charge in [-0.25, -0.2) is 4.79 Å². The van der Waals surface area contributed by atoms with Crippen molar-refractivity contribution in [3.8, 4) is 22.6 Å². The zero-order valence-electron chi connectivity index (χ0n) is 32.4. The maximum Gasteiger partial charge on any atom is 0.354 e. The second kappa shape index (κ2) is 16.7. The number of carbonyl (C=O) groups is 4. The molecule has 3 amide bonds. The Balaban J connectivity index is 0.975. The highest BCUT2D eigenvalue weighted by atomic mass is 16.5. The fourth-order valence-corrected chi connectivity index (χ4v) is 6.83. The van der Waals surface area contributed by atoms with E-state index in [2.05, 4.69) is 36.4 Å². The maximum absolute atomic E-state index is 13.2. The van der Waals surface area contributed by atoms with Crippen molar-refractivity contribution in [2.45, 2.75) is 65.3 Å². The summed E-state index contributed by atoms with van der Waals surface area (Å²) in [7, 11) is 5.07. The predicted octanol–water partition coefficient (Wildman–Crippen LogP) is 7.39. The second-order valence-corrected chi connectivity index (χ2v) is 15.3. The average molecular weight is 751 g/mol. The van der Waals surface area contributed by atoms with E-state index in [0.29, 0.717) is 65.1 Å². The third kappa shape index (κ3) is 9.45. The van der Waals surface area contributed by atoms with Crippen LogP contribution in [0.25, 0.3) is 11.1 Å². The van der Waals surface area contributed by atoms with E-state index in [1.807, 2.05) is 36.5 Å². The van der Waals surface area contributed by atoms with Crippen LogP contribution in [0.5, 0.6) is 11.5 Å². The minimum absolute atomic E-state index is 0.00566. The number of nitrogens with zero attached hydrogens (tertiary/aromatic N) is 4. The van der Waals surface area contributed by atoms with E-state index in [1.165, 1.54) is 7.11 Å². The van der Waals surface area contributed by atoms with Gasteiger partial charge in [-0.15, -0.1) is 0 Å². The average Bonchev–Trinajstić information content (AvgIpc) is 3.86. The quantitative estimate of drug-likeness (QED) is 0.101. The summed E-state index contributed by atoms with van der Waals surface area (Å²) in [6.07, 6.45) is 9.63. The van der Waals surface area contributed by atoms with Crippen LogP contribution in [0.4, 0.5) is 17.1 Å². The van der Waals surface area contributed by atoms with Gasteiger partial charge in [-0.3, -0.25) is 19.4 Å². The van der Waals surface area contributed by atoms with E-state index in [-0.39, 0.29) is 48.2 Å². The molecule has 1 atom stereocenters. The Kier molecular flexibility index (Phi) is 11.8. The second-order valence-electron chi connectivity index (χ2n) is 15.3.